The van der Waals surface area contributed by atoms with Gasteiger partial charge in [-0.3, -0.25) is 0 Å². The van der Waals surface area contributed by atoms with E-state index in [2.05, 4.69) is 0 Å². The van der Waals surface area contributed by atoms with Gasteiger partial charge in [-0.1, -0.05) is 0 Å². The van der Waals surface area contributed by atoms with Crippen LogP contribution in [-0.4, -0.2) is 50.7 Å². The minimum atomic E-state index is -0.810. The van der Waals surface area contributed by atoms with Crippen LogP contribution in [0.5, 0.6) is 0 Å². The average molecular weight is 259 g/mol. The Labute approximate surface area is 104 Å². The van der Waals surface area contributed by atoms with E-state index in [1.54, 1.807) is 0 Å². The molecule has 3 radical (unpaired) electrons. The number of rotatable bonds is 3. The summed E-state index contributed by atoms with van der Waals surface area (Å²) in [5.41, 5.74) is 0. The molecule has 0 amide bonds. The first kappa shape index (κ1) is 13.7. The Bertz CT molecular complexity index is 169. The van der Waals surface area contributed by atoms with Crippen molar-refractivity contribution in [3.05, 3.63) is 0 Å². The number of methoxy groups -OCH3 is 1. The first-order chi connectivity index (χ1) is 5.70. The van der Waals surface area contributed by atoms with Gasteiger partial charge in [0, 0.05) is 52.2 Å². The third-order valence-corrected chi connectivity index (χ3v) is 1.97. The van der Waals surface area contributed by atoms with Crippen LogP contribution in [-0.2, 0) is 47.0 Å². The van der Waals surface area contributed by atoms with Crippen molar-refractivity contribution in [2.75, 3.05) is 7.11 Å². The van der Waals surface area contributed by atoms with Gasteiger partial charge in [0.05, 0.1) is 6.10 Å². The first-order valence-electron chi connectivity index (χ1n) is 3.76. The zero-order valence-corrected chi connectivity index (χ0v) is 10.3. The standard InChI is InChI=1S/C7H11BO4.Y/c1-11-6-5(10)4(2-3-9)12-7(6)8;/h3-7,10H,2H2,1H3;. The Hall–Kier alpha value is 0.719. The van der Waals surface area contributed by atoms with Crippen molar-refractivity contribution >= 4 is 14.1 Å². The Kier molecular flexibility index (Phi) is 6.59. The summed E-state index contributed by atoms with van der Waals surface area (Å²) in [6.07, 6.45) is -1.03. The summed E-state index contributed by atoms with van der Waals surface area (Å²) >= 11 is 0. The van der Waals surface area contributed by atoms with Crippen molar-refractivity contribution in [2.45, 2.75) is 30.7 Å². The van der Waals surface area contributed by atoms with E-state index in [1.165, 1.54) is 7.11 Å². The molecule has 1 aliphatic rings. The van der Waals surface area contributed by atoms with E-state index in [9.17, 15) is 9.90 Å². The van der Waals surface area contributed by atoms with Gasteiger partial charge in [-0.05, 0) is 0 Å². The molecule has 4 unspecified atom stereocenters. The van der Waals surface area contributed by atoms with Crippen molar-refractivity contribution in [3.63, 3.8) is 0 Å². The van der Waals surface area contributed by atoms with Gasteiger partial charge in [0.15, 0.2) is 0 Å². The predicted octanol–water partition coefficient (Wildman–Crippen LogP) is -1.16. The molecule has 4 nitrogen and oxygen atoms in total. The number of hydrogen-bond acceptors (Lipinski definition) is 4. The van der Waals surface area contributed by atoms with Gasteiger partial charge in [-0.2, -0.15) is 0 Å². The summed E-state index contributed by atoms with van der Waals surface area (Å²) in [6, 6.07) is -0.644. The number of aliphatic hydroxyl groups excluding tert-OH is 1. The molecule has 1 heterocycles. The minimum absolute atomic E-state index is 0. The number of hydrogen-bond donors (Lipinski definition) is 1. The molecular formula is C7H11BO4Y. The summed E-state index contributed by atoms with van der Waals surface area (Å²) in [5.74, 6) is 0. The van der Waals surface area contributed by atoms with Gasteiger partial charge < -0.3 is 19.4 Å². The van der Waals surface area contributed by atoms with Gasteiger partial charge in [0.25, 0.3) is 0 Å². The second kappa shape index (κ2) is 6.25. The summed E-state index contributed by atoms with van der Waals surface area (Å²) in [6.45, 7) is 0. The summed E-state index contributed by atoms with van der Waals surface area (Å²) in [5, 5.41) is 9.46. The Morgan fingerprint density at radius 3 is 2.69 bits per heavy atom. The quantitative estimate of drug-likeness (QED) is 0.513. The molecule has 1 aliphatic heterocycles. The SMILES string of the molecule is [B]C1OC(CC=O)C(O)C1OC.[Y]. The van der Waals surface area contributed by atoms with Crippen LogP contribution < -0.4 is 0 Å². The van der Waals surface area contributed by atoms with Crippen molar-refractivity contribution in [2.24, 2.45) is 0 Å². The van der Waals surface area contributed by atoms with Crippen LogP contribution in [0.25, 0.3) is 0 Å². The second-order valence-electron chi connectivity index (χ2n) is 2.73. The number of aldehydes is 1. The molecule has 13 heavy (non-hydrogen) atoms. The van der Waals surface area contributed by atoms with Crippen LogP contribution >= 0.6 is 0 Å². The maximum atomic E-state index is 10.1. The first-order valence-corrected chi connectivity index (χ1v) is 3.76. The molecule has 4 atom stereocenters. The van der Waals surface area contributed by atoms with Gasteiger partial charge in [-0.25, -0.2) is 0 Å². The molecule has 0 bridgehead atoms. The second-order valence-corrected chi connectivity index (χ2v) is 2.73. The predicted molar refractivity (Wildman–Crippen MR) is 41.9 cm³/mol. The average Bonchev–Trinajstić information content (AvgIpc) is 2.29. The number of carbonyl (C=O) groups is 1. The Morgan fingerprint density at radius 2 is 2.31 bits per heavy atom. The molecule has 1 N–H and O–H groups in total. The smallest absolute Gasteiger partial charge is 0.122 e. The fourth-order valence-electron chi connectivity index (χ4n) is 1.33. The molecule has 0 aromatic rings. The Morgan fingerprint density at radius 1 is 1.69 bits per heavy atom. The van der Waals surface area contributed by atoms with Crippen LogP contribution in [0.3, 0.4) is 0 Å². The molecule has 0 saturated carbocycles. The van der Waals surface area contributed by atoms with Gasteiger partial charge in [-0.15, -0.1) is 0 Å². The topological polar surface area (TPSA) is 55.8 Å². The van der Waals surface area contributed by atoms with Gasteiger partial charge in [0.2, 0.25) is 0 Å². The monoisotopic (exact) mass is 259 g/mol. The zero-order valence-electron chi connectivity index (χ0n) is 7.42. The Balaban J connectivity index is 0.00000144. The molecule has 1 saturated heterocycles. The molecule has 1 rings (SSSR count). The molecule has 1 fully saturated rings. The molecule has 0 aliphatic carbocycles. The normalized spacial score (nSPS) is 38.3. The number of aliphatic hydroxyl groups is 1. The van der Waals surface area contributed by atoms with Crippen molar-refractivity contribution in [1.29, 1.82) is 0 Å². The molecule has 69 valence electrons. The number of carbonyl (C=O) groups excluding carboxylic acids is 1. The van der Waals surface area contributed by atoms with Crippen LogP contribution in [0, 0.1) is 0 Å². The molecular weight excluding hydrogens is 248 g/mol. The summed E-state index contributed by atoms with van der Waals surface area (Å²) in [7, 11) is 6.92. The van der Waals surface area contributed by atoms with E-state index in [0.29, 0.717) is 6.29 Å². The van der Waals surface area contributed by atoms with Crippen molar-refractivity contribution < 1.29 is 52.1 Å². The minimum Gasteiger partial charge on any atom is -0.388 e. The maximum absolute atomic E-state index is 10.1. The van der Waals surface area contributed by atoms with E-state index in [0.717, 1.165) is 0 Å². The molecule has 0 aromatic carbocycles. The summed E-state index contributed by atoms with van der Waals surface area (Å²) in [4.78, 5) is 10.1. The van der Waals surface area contributed by atoms with Crippen molar-refractivity contribution in [1.82, 2.24) is 0 Å². The van der Waals surface area contributed by atoms with E-state index in [1.807, 2.05) is 0 Å². The largest absolute Gasteiger partial charge is 0.388 e. The molecule has 0 spiro atoms. The fourth-order valence-corrected chi connectivity index (χ4v) is 1.33. The maximum Gasteiger partial charge on any atom is 0.122 e. The van der Waals surface area contributed by atoms with Crippen LogP contribution in [0.1, 0.15) is 6.42 Å². The van der Waals surface area contributed by atoms with E-state index in [-0.39, 0.29) is 39.1 Å². The van der Waals surface area contributed by atoms with E-state index < -0.39 is 24.3 Å². The van der Waals surface area contributed by atoms with Crippen LogP contribution in [0.15, 0.2) is 0 Å². The third-order valence-electron chi connectivity index (χ3n) is 1.97. The van der Waals surface area contributed by atoms with Crippen LogP contribution in [0.2, 0.25) is 0 Å². The third kappa shape index (κ3) is 3.10. The number of ether oxygens (including phenoxy) is 2. The molecule has 6 heteroatoms. The summed E-state index contributed by atoms with van der Waals surface area (Å²) < 4.78 is 9.99. The van der Waals surface area contributed by atoms with E-state index in [4.69, 9.17) is 17.3 Å². The van der Waals surface area contributed by atoms with Gasteiger partial charge >= 0.3 is 0 Å². The van der Waals surface area contributed by atoms with Gasteiger partial charge in [0.1, 0.15) is 26.3 Å². The van der Waals surface area contributed by atoms with Crippen molar-refractivity contribution in [3.8, 4) is 0 Å². The van der Waals surface area contributed by atoms with Crippen LogP contribution in [0.4, 0.5) is 0 Å². The van der Waals surface area contributed by atoms with E-state index >= 15 is 0 Å². The zero-order chi connectivity index (χ0) is 9.14. The fraction of sp³-hybridized carbons (Fsp3) is 0.857. The molecule has 0 aromatic heterocycles.